The average Bonchev–Trinajstić information content (AvgIpc) is 2.88. The predicted octanol–water partition coefficient (Wildman–Crippen LogP) is 5.53. The van der Waals surface area contributed by atoms with Crippen LogP contribution in [-0.2, 0) is 0 Å². The topological polar surface area (TPSA) is 129 Å². The van der Waals surface area contributed by atoms with Gasteiger partial charge in [0, 0.05) is 59.6 Å². The van der Waals surface area contributed by atoms with Crippen LogP contribution < -0.4 is 14.8 Å². The lowest BCUT2D eigenvalue weighted by atomic mass is 9.93. The zero-order chi connectivity index (χ0) is 27.1. The maximum absolute atomic E-state index is 11.2. The Morgan fingerprint density at radius 3 is 1.97 bits per heavy atom. The Morgan fingerprint density at radius 2 is 1.43 bits per heavy atom. The molecule has 0 aromatic heterocycles. The number of nitro benzene ring substituents is 1. The lowest BCUT2D eigenvalue weighted by Crippen LogP contribution is -2.29. The Hall–Kier alpha value is -4.47. The number of nitrogens with zero attached hydrogens (tertiary/aromatic N) is 4. The van der Waals surface area contributed by atoms with E-state index in [9.17, 15) is 10.1 Å². The molecule has 2 aliphatic rings. The van der Waals surface area contributed by atoms with Crippen molar-refractivity contribution in [2.24, 2.45) is 0 Å². The van der Waals surface area contributed by atoms with Gasteiger partial charge in [0.1, 0.15) is 24.4 Å². The summed E-state index contributed by atoms with van der Waals surface area (Å²) in [7, 11) is 0. The molecule has 0 fully saturated rings. The normalized spacial score (nSPS) is 10.6. The van der Waals surface area contributed by atoms with Gasteiger partial charge in [0.15, 0.2) is 0 Å². The van der Waals surface area contributed by atoms with Crippen molar-refractivity contribution < 1.29 is 14.4 Å². The van der Waals surface area contributed by atoms with E-state index in [1.165, 1.54) is 0 Å². The molecule has 10 nitrogen and oxygen atoms in total. The number of hydrogen-bond donors (Lipinski definition) is 0. The van der Waals surface area contributed by atoms with E-state index in [-0.39, 0.29) is 10.6 Å². The van der Waals surface area contributed by atoms with Crippen molar-refractivity contribution >= 4 is 22.3 Å². The monoisotopic (exact) mass is 506 g/mol. The molecular weight excluding hydrogens is 476 g/mol. The van der Waals surface area contributed by atoms with Crippen molar-refractivity contribution in [3.63, 3.8) is 0 Å². The number of non-ortho nitro benzene ring substituents is 1. The minimum Gasteiger partial charge on any atom is -0.456 e. The molecule has 0 atom stereocenters. The lowest BCUT2D eigenvalue weighted by molar-refractivity contribution is -0.402. The predicted molar refractivity (Wildman–Crippen MR) is 145 cm³/mol. The second kappa shape index (κ2) is 12.0. The van der Waals surface area contributed by atoms with E-state index >= 15 is 0 Å². The van der Waals surface area contributed by atoms with Gasteiger partial charge in [0.2, 0.25) is 5.36 Å². The summed E-state index contributed by atoms with van der Waals surface area (Å²) < 4.78 is 8.76. The Balaban J connectivity index is 0.000000886. The molecule has 0 unspecified atom stereocenters. The third-order valence-electron chi connectivity index (χ3n) is 6.31. The van der Waals surface area contributed by atoms with E-state index < -0.39 is 5.09 Å². The summed E-state index contributed by atoms with van der Waals surface area (Å²) >= 11 is 0. The van der Waals surface area contributed by atoms with Crippen LogP contribution in [-0.4, -0.2) is 36.2 Å². The Labute approximate surface area is 214 Å². The fourth-order valence-corrected chi connectivity index (χ4v) is 4.50. The Morgan fingerprint density at radius 1 is 0.811 bits per heavy atom. The van der Waals surface area contributed by atoms with Gasteiger partial charge in [-0.1, -0.05) is 0 Å². The molecule has 1 heterocycles. The van der Waals surface area contributed by atoms with Crippen LogP contribution in [0.25, 0.3) is 33.4 Å². The van der Waals surface area contributed by atoms with Crippen LogP contribution in [0, 0.1) is 25.4 Å². The molecule has 37 heavy (non-hydrogen) atoms. The van der Waals surface area contributed by atoms with Crippen LogP contribution in [0.15, 0.2) is 65.1 Å². The van der Waals surface area contributed by atoms with Crippen LogP contribution in [0.1, 0.15) is 27.7 Å². The molecule has 0 saturated carbocycles. The summed E-state index contributed by atoms with van der Waals surface area (Å²) in [6.07, 6.45) is 0. The minimum atomic E-state index is -1.75. The first kappa shape index (κ1) is 27.1. The van der Waals surface area contributed by atoms with Gasteiger partial charge in [-0.3, -0.25) is 10.1 Å². The second-order valence-electron chi connectivity index (χ2n) is 8.21. The van der Waals surface area contributed by atoms with Crippen LogP contribution in [0.3, 0.4) is 0 Å². The molecule has 4 rings (SSSR count). The van der Waals surface area contributed by atoms with Crippen LogP contribution in [0.4, 0.5) is 11.4 Å². The largest absolute Gasteiger partial charge is 0.456 e. The van der Waals surface area contributed by atoms with E-state index in [0.29, 0.717) is 0 Å². The number of fused-ring (bicyclic) bond motifs is 2. The van der Waals surface area contributed by atoms with Gasteiger partial charge in [-0.05, 0) is 63.6 Å². The summed E-state index contributed by atoms with van der Waals surface area (Å²) in [5, 5.41) is 28.0. The third kappa shape index (κ3) is 6.03. The summed E-state index contributed by atoms with van der Waals surface area (Å²) in [6, 6.07) is 19.4. The van der Waals surface area contributed by atoms with E-state index in [1.54, 1.807) is 12.1 Å². The first-order chi connectivity index (χ1) is 17.7. The van der Waals surface area contributed by atoms with E-state index in [4.69, 9.17) is 19.7 Å². The van der Waals surface area contributed by atoms with Gasteiger partial charge in [-0.25, -0.2) is 4.58 Å². The maximum atomic E-state index is 11.2. The van der Waals surface area contributed by atoms with Crippen molar-refractivity contribution in [3.8, 4) is 22.5 Å². The van der Waals surface area contributed by atoms with Gasteiger partial charge >= 0.3 is 0 Å². The standard InChI is InChI=1S/C27H30N3O3.NO3/c1-5-28(6-2)21-13-15-23-25(17-21)33-26-18-22(29(7-3)8-4)14-16-24(26)27(23)19-9-11-20(12-10-19)30(31)32;2-1(3)4/h9-18H,5-8H2,1-4H3;/q+1;-1. The zero-order valence-corrected chi connectivity index (χ0v) is 21.3. The van der Waals surface area contributed by atoms with Crippen LogP contribution in [0.2, 0.25) is 0 Å². The van der Waals surface area contributed by atoms with Crippen LogP contribution >= 0.6 is 0 Å². The SMILES string of the molecule is CCN(CC)c1ccc2c(-c3ccc([N+](=O)[O-])cc3)c3ccc(=[N+](CC)CC)cc-3oc2c1.O=[N+]([O-])[O-]. The highest BCUT2D eigenvalue weighted by Gasteiger charge is 2.20. The molecule has 2 aromatic rings. The summed E-state index contributed by atoms with van der Waals surface area (Å²) in [4.78, 5) is 21.3. The van der Waals surface area contributed by atoms with Crippen molar-refractivity contribution in [3.05, 3.63) is 91.5 Å². The molecule has 0 N–H and O–H groups in total. The van der Waals surface area contributed by atoms with E-state index in [0.717, 1.165) is 70.6 Å². The first-order valence-corrected chi connectivity index (χ1v) is 12.1. The summed E-state index contributed by atoms with van der Waals surface area (Å²) in [5.74, 6) is 0.803. The molecule has 0 radical (unpaired) electrons. The number of nitro groups is 1. The van der Waals surface area contributed by atoms with Gasteiger partial charge in [0.05, 0.1) is 16.1 Å². The van der Waals surface area contributed by atoms with E-state index in [2.05, 4.69) is 73.6 Å². The van der Waals surface area contributed by atoms with Crippen LogP contribution in [0.5, 0.6) is 0 Å². The molecule has 10 heteroatoms. The molecule has 0 bridgehead atoms. The van der Waals surface area contributed by atoms with Crippen molar-refractivity contribution in [2.45, 2.75) is 27.7 Å². The number of benzene rings is 3. The highest BCUT2D eigenvalue weighted by Crippen LogP contribution is 2.41. The quantitative estimate of drug-likeness (QED) is 0.139. The van der Waals surface area contributed by atoms with Crippen molar-refractivity contribution in [1.82, 2.24) is 4.58 Å². The average molecular weight is 507 g/mol. The van der Waals surface area contributed by atoms with Gasteiger partial charge in [-0.15, -0.1) is 0 Å². The summed E-state index contributed by atoms with van der Waals surface area (Å²) in [6.45, 7) is 12.2. The fraction of sp³-hybridized carbons (Fsp3) is 0.296. The maximum Gasteiger partial charge on any atom is 0.269 e. The highest BCUT2D eigenvalue weighted by molar-refractivity contribution is 6.02. The minimum absolute atomic E-state index is 0.0839. The molecule has 0 amide bonds. The third-order valence-corrected chi connectivity index (χ3v) is 6.31. The zero-order valence-electron chi connectivity index (χ0n) is 21.3. The molecule has 0 saturated heterocycles. The molecule has 194 valence electrons. The first-order valence-electron chi connectivity index (χ1n) is 12.1. The van der Waals surface area contributed by atoms with Gasteiger partial charge < -0.3 is 24.6 Å². The van der Waals surface area contributed by atoms with E-state index in [1.807, 2.05) is 12.1 Å². The molecule has 2 aromatic carbocycles. The Bertz CT molecular complexity index is 1430. The fourth-order valence-electron chi connectivity index (χ4n) is 4.50. The highest BCUT2D eigenvalue weighted by atomic mass is 16.9. The molecular formula is C27H30N4O6. The van der Waals surface area contributed by atoms with Gasteiger partial charge in [-0.2, -0.15) is 0 Å². The Kier molecular flexibility index (Phi) is 8.78. The number of anilines is 1. The lowest BCUT2D eigenvalue weighted by Gasteiger charge is -2.22. The molecule has 0 spiro atoms. The smallest absolute Gasteiger partial charge is 0.269 e. The summed E-state index contributed by atoms with van der Waals surface area (Å²) in [5.41, 5.74) is 4.95. The van der Waals surface area contributed by atoms with Crippen molar-refractivity contribution in [2.75, 3.05) is 31.1 Å². The molecule has 1 aliphatic heterocycles. The number of hydrogen-bond acceptors (Lipinski definition) is 7. The van der Waals surface area contributed by atoms with Crippen molar-refractivity contribution in [1.29, 1.82) is 0 Å². The molecule has 1 aliphatic carbocycles. The number of rotatable bonds is 7. The van der Waals surface area contributed by atoms with Gasteiger partial charge in [0.25, 0.3) is 5.69 Å². The second-order valence-corrected chi connectivity index (χ2v) is 8.21.